The Kier molecular flexibility index (Phi) is 6.75. The zero-order valence-corrected chi connectivity index (χ0v) is 19.6. The number of non-ortho nitro benzene ring substituents is 1. The number of nitrogens with zero attached hydrogens (tertiary/aromatic N) is 3. The van der Waals surface area contributed by atoms with Crippen LogP contribution in [-0.4, -0.2) is 27.2 Å². The van der Waals surface area contributed by atoms with Crippen LogP contribution < -0.4 is 14.4 Å². The second-order valence-corrected chi connectivity index (χ2v) is 8.70. The molecule has 1 saturated heterocycles. The van der Waals surface area contributed by atoms with E-state index in [-0.39, 0.29) is 17.4 Å². The smallest absolute Gasteiger partial charge is 0.318 e. The van der Waals surface area contributed by atoms with Gasteiger partial charge in [-0.1, -0.05) is 48.2 Å². The van der Waals surface area contributed by atoms with Crippen LogP contribution in [0.1, 0.15) is 5.56 Å². The van der Waals surface area contributed by atoms with Crippen molar-refractivity contribution >= 4 is 57.3 Å². The van der Waals surface area contributed by atoms with Gasteiger partial charge >= 0.3 is 5.69 Å². The number of nitro groups is 2. The highest BCUT2D eigenvalue weighted by atomic mass is 32.2. The molecule has 35 heavy (non-hydrogen) atoms. The number of methoxy groups -OCH3 is 1. The molecule has 10 nitrogen and oxygen atoms in total. The monoisotopic (exact) mass is 509 g/mol. The number of hydrogen-bond acceptors (Lipinski definition) is 9. The summed E-state index contributed by atoms with van der Waals surface area (Å²) in [6, 6.07) is 16.7. The number of para-hydroxylation sites is 2. The molecule has 1 aliphatic heterocycles. The molecule has 1 fully saturated rings. The Morgan fingerprint density at radius 3 is 2.34 bits per heavy atom. The number of rotatable bonds is 7. The summed E-state index contributed by atoms with van der Waals surface area (Å²) in [7, 11) is 1.52. The molecule has 12 heteroatoms. The van der Waals surface area contributed by atoms with Crippen LogP contribution in [0.5, 0.6) is 17.2 Å². The molecule has 4 rings (SSSR count). The van der Waals surface area contributed by atoms with E-state index < -0.39 is 21.2 Å². The summed E-state index contributed by atoms with van der Waals surface area (Å²) in [6.45, 7) is 0. The third-order valence-corrected chi connectivity index (χ3v) is 6.18. The quantitative estimate of drug-likeness (QED) is 0.170. The molecule has 0 atom stereocenters. The molecular formula is C23H15N3O7S2. The van der Waals surface area contributed by atoms with Gasteiger partial charge in [0.25, 0.3) is 11.6 Å². The normalized spacial score (nSPS) is 14.3. The predicted molar refractivity (Wildman–Crippen MR) is 135 cm³/mol. The van der Waals surface area contributed by atoms with E-state index in [1.807, 2.05) is 0 Å². The summed E-state index contributed by atoms with van der Waals surface area (Å²) in [5.74, 6) is 0.380. The lowest BCUT2D eigenvalue weighted by Gasteiger charge is -2.17. The second kappa shape index (κ2) is 9.91. The number of anilines is 1. The molecule has 3 aromatic carbocycles. The van der Waals surface area contributed by atoms with Crippen LogP contribution in [0.4, 0.5) is 17.1 Å². The zero-order chi connectivity index (χ0) is 25.1. The fourth-order valence-corrected chi connectivity index (χ4v) is 4.53. The molecule has 0 N–H and O–H groups in total. The van der Waals surface area contributed by atoms with Crippen LogP contribution in [-0.2, 0) is 4.79 Å². The van der Waals surface area contributed by atoms with Crippen LogP contribution in [0, 0.1) is 20.2 Å². The van der Waals surface area contributed by atoms with Crippen molar-refractivity contribution < 1.29 is 24.1 Å². The fraction of sp³-hybridized carbons (Fsp3) is 0.0435. The van der Waals surface area contributed by atoms with Crippen LogP contribution in [0.3, 0.4) is 0 Å². The molecule has 0 aromatic heterocycles. The van der Waals surface area contributed by atoms with Crippen LogP contribution >= 0.6 is 24.0 Å². The van der Waals surface area contributed by atoms with Crippen molar-refractivity contribution in [2.45, 2.75) is 0 Å². The molecular weight excluding hydrogens is 494 g/mol. The third-order valence-electron chi connectivity index (χ3n) is 4.88. The number of nitro benzene ring substituents is 2. The Morgan fingerprint density at radius 1 is 0.971 bits per heavy atom. The first-order valence-corrected chi connectivity index (χ1v) is 11.1. The van der Waals surface area contributed by atoms with E-state index in [2.05, 4.69) is 0 Å². The number of benzene rings is 3. The minimum atomic E-state index is -0.750. The van der Waals surface area contributed by atoms with Crippen LogP contribution in [0.2, 0.25) is 0 Å². The summed E-state index contributed by atoms with van der Waals surface area (Å²) in [5, 5.41) is 22.2. The maximum atomic E-state index is 13.0. The number of carbonyl (C=O) groups excluding carboxylic acids is 1. The van der Waals surface area contributed by atoms with E-state index in [1.54, 1.807) is 54.6 Å². The minimum absolute atomic E-state index is 0.133. The molecule has 1 amide bonds. The zero-order valence-electron chi connectivity index (χ0n) is 17.9. The van der Waals surface area contributed by atoms with Gasteiger partial charge in [0.1, 0.15) is 11.5 Å². The minimum Gasteiger partial charge on any atom is -0.495 e. The lowest BCUT2D eigenvalue weighted by atomic mass is 10.2. The first kappa shape index (κ1) is 23.9. The summed E-state index contributed by atoms with van der Waals surface area (Å²) in [6.07, 6.45) is 1.67. The van der Waals surface area contributed by atoms with Crippen molar-refractivity contribution in [3.63, 3.8) is 0 Å². The number of ether oxygens (including phenoxy) is 2. The third kappa shape index (κ3) is 4.98. The van der Waals surface area contributed by atoms with E-state index in [0.717, 1.165) is 23.9 Å². The topological polar surface area (TPSA) is 125 Å². The fourth-order valence-electron chi connectivity index (χ4n) is 3.25. The van der Waals surface area contributed by atoms with Gasteiger partial charge in [-0.25, -0.2) is 0 Å². The highest BCUT2D eigenvalue weighted by Gasteiger charge is 2.34. The van der Waals surface area contributed by atoms with Gasteiger partial charge < -0.3 is 9.47 Å². The maximum Gasteiger partial charge on any atom is 0.318 e. The summed E-state index contributed by atoms with van der Waals surface area (Å²) < 4.78 is 11.3. The Labute approximate surface area is 208 Å². The highest BCUT2D eigenvalue weighted by molar-refractivity contribution is 8.27. The predicted octanol–water partition coefficient (Wildman–Crippen LogP) is 5.71. The molecule has 0 radical (unpaired) electrons. The molecule has 3 aromatic rings. The second-order valence-electron chi connectivity index (χ2n) is 7.03. The molecule has 0 bridgehead atoms. The van der Waals surface area contributed by atoms with E-state index in [0.29, 0.717) is 26.2 Å². The summed E-state index contributed by atoms with van der Waals surface area (Å²) in [4.78, 5) is 35.6. The Bertz CT molecular complexity index is 1390. The molecule has 1 heterocycles. The summed E-state index contributed by atoms with van der Waals surface area (Å²) >= 11 is 6.57. The van der Waals surface area contributed by atoms with Gasteiger partial charge in [-0.2, -0.15) is 0 Å². The van der Waals surface area contributed by atoms with Gasteiger partial charge in [-0.15, -0.1) is 0 Å². The van der Waals surface area contributed by atoms with E-state index in [4.69, 9.17) is 21.7 Å². The standard InChI is InChI=1S/C23H15N3O7S2/c1-32-19-5-3-2-4-17(19)24-22(27)21(35-23(24)34)12-14-6-9-16(10-7-14)33-20-11-8-15(25(28)29)13-18(20)26(30)31/h2-13H,1H3/b21-12+. The maximum absolute atomic E-state index is 13.0. The van der Waals surface area contributed by atoms with Gasteiger partial charge in [0.2, 0.25) is 5.75 Å². The van der Waals surface area contributed by atoms with Crippen LogP contribution in [0.25, 0.3) is 6.08 Å². The highest BCUT2D eigenvalue weighted by Crippen LogP contribution is 2.40. The van der Waals surface area contributed by atoms with E-state index >= 15 is 0 Å². The van der Waals surface area contributed by atoms with Crippen molar-refractivity contribution in [1.29, 1.82) is 0 Å². The lowest BCUT2D eigenvalue weighted by Crippen LogP contribution is -2.27. The first-order chi connectivity index (χ1) is 16.8. The van der Waals surface area contributed by atoms with Crippen molar-refractivity contribution in [1.82, 2.24) is 0 Å². The molecule has 176 valence electrons. The Morgan fingerprint density at radius 2 is 1.69 bits per heavy atom. The molecule has 0 aliphatic carbocycles. The number of carbonyl (C=O) groups is 1. The largest absolute Gasteiger partial charge is 0.495 e. The van der Waals surface area contributed by atoms with E-state index in [1.165, 1.54) is 18.1 Å². The van der Waals surface area contributed by atoms with E-state index in [9.17, 15) is 25.0 Å². The van der Waals surface area contributed by atoms with Crippen molar-refractivity contribution in [2.75, 3.05) is 12.0 Å². The van der Waals surface area contributed by atoms with Gasteiger partial charge in [0.05, 0.1) is 33.6 Å². The number of thioether (sulfide) groups is 1. The van der Waals surface area contributed by atoms with Gasteiger partial charge in [0.15, 0.2) is 4.32 Å². The van der Waals surface area contributed by atoms with Gasteiger partial charge in [-0.05, 0) is 42.0 Å². The van der Waals surface area contributed by atoms with Crippen molar-refractivity contribution in [3.05, 3.63) is 97.4 Å². The number of amides is 1. The SMILES string of the molecule is COc1ccccc1N1C(=O)/C(=C\c2ccc(Oc3ccc([N+](=O)[O-])cc3[N+](=O)[O-])cc2)SC1=S. The number of thiocarbonyl (C=S) groups is 1. The van der Waals surface area contributed by atoms with Gasteiger partial charge in [0, 0.05) is 6.07 Å². The van der Waals surface area contributed by atoms with Crippen LogP contribution in [0.15, 0.2) is 71.6 Å². The molecule has 0 unspecified atom stereocenters. The molecule has 1 aliphatic rings. The van der Waals surface area contributed by atoms with Crippen molar-refractivity contribution in [2.24, 2.45) is 0 Å². The summed E-state index contributed by atoms with van der Waals surface area (Å²) in [5.41, 5.74) is 0.290. The number of hydrogen-bond donors (Lipinski definition) is 0. The van der Waals surface area contributed by atoms with Gasteiger partial charge in [-0.3, -0.25) is 29.9 Å². The Hall–Kier alpha value is -4.29. The first-order valence-electron chi connectivity index (χ1n) is 9.90. The lowest BCUT2D eigenvalue weighted by molar-refractivity contribution is -0.394. The average Bonchev–Trinajstić information content (AvgIpc) is 3.12. The molecule has 0 spiro atoms. The Balaban J connectivity index is 1.55. The molecule has 0 saturated carbocycles. The van der Waals surface area contributed by atoms with Crippen molar-refractivity contribution in [3.8, 4) is 17.2 Å². The average molecular weight is 510 g/mol.